The predicted molar refractivity (Wildman–Crippen MR) is 98.3 cm³/mol. The van der Waals surface area contributed by atoms with E-state index in [4.69, 9.17) is 17.0 Å². The van der Waals surface area contributed by atoms with Crippen molar-refractivity contribution in [2.45, 2.75) is 25.8 Å². The highest BCUT2D eigenvalue weighted by atomic mass is 32.2. The molecule has 1 unspecified atom stereocenters. The fourth-order valence-electron chi connectivity index (χ4n) is 2.75. The first-order valence-electron chi connectivity index (χ1n) is 7.71. The van der Waals surface area contributed by atoms with Crippen molar-refractivity contribution in [2.75, 3.05) is 7.11 Å². The first-order valence-corrected chi connectivity index (χ1v) is 8.93. The van der Waals surface area contributed by atoms with E-state index in [-0.39, 0.29) is 5.91 Å². The summed E-state index contributed by atoms with van der Waals surface area (Å²) in [4.78, 5) is 15.1. The lowest BCUT2D eigenvalue weighted by atomic mass is 9.94. The molecule has 1 amide bonds. The maximum absolute atomic E-state index is 12.6. The van der Waals surface area contributed by atoms with Gasteiger partial charge in [0.25, 0.3) is 5.91 Å². The average Bonchev–Trinajstić information content (AvgIpc) is 2.84. The van der Waals surface area contributed by atoms with Crippen LogP contribution in [0.15, 0.2) is 47.4 Å². The Morgan fingerprint density at radius 2 is 2.13 bits per heavy atom. The Bertz CT molecular complexity index is 664. The Balaban J connectivity index is 1.70. The van der Waals surface area contributed by atoms with Crippen LogP contribution in [0.3, 0.4) is 0 Å². The molecule has 0 bridgehead atoms. The quantitative estimate of drug-likeness (QED) is 0.462. The zero-order valence-corrected chi connectivity index (χ0v) is 14.7. The summed E-state index contributed by atoms with van der Waals surface area (Å²) < 4.78 is 5.80. The maximum Gasteiger partial charge on any atom is 0.266 e. The third-order valence-corrected chi connectivity index (χ3v) is 5.47. The van der Waals surface area contributed by atoms with E-state index in [2.05, 4.69) is 18.2 Å². The highest BCUT2D eigenvalue weighted by Crippen LogP contribution is 2.34. The van der Waals surface area contributed by atoms with Crippen LogP contribution in [0.2, 0.25) is 0 Å². The molecule has 0 aromatic heterocycles. The summed E-state index contributed by atoms with van der Waals surface area (Å²) in [5.74, 6) is 1.30. The van der Waals surface area contributed by atoms with E-state index in [1.165, 1.54) is 11.8 Å². The van der Waals surface area contributed by atoms with Crippen LogP contribution in [0.4, 0.5) is 0 Å². The first kappa shape index (κ1) is 16.3. The van der Waals surface area contributed by atoms with Gasteiger partial charge in [0.05, 0.1) is 18.6 Å². The van der Waals surface area contributed by atoms with E-state index in [9.17, 15) is 4.79 Å². The average molecular weight is 345 g/mol. The molecule has 1 heterocycles. The monoisotopic (exact) mass is 345 g/mol. The Morgan fingerprint density at radius 3 is 2.78 bits per heavy atom. The summed E-state index contributed by atoms with van der Waals surface area (Å²) in [5.41, 5.74) is 1.05. The molecule has 1 fully saturated rings. The van der Waals surface area contributed by atoms with Crippen LogP contribution in [0, 0.1) is 5.92 Å². The zero-order chi connectivity index (χ0) is 16.2. The number of ether oxygens (including phenoxy) is 1. The molecule has 23 heavy (non-hydrogen) atoms. The van der Waals surface area contributed by atoms with E-state index in [0.29, 0.717) is 16.8 Å². The predicted octanol–water partition coefficient (Wildman–Crippen LogP) is 4.30. The lowest BCUT2D eigenvalue weighted by Crippen LogP contribution is -2.27. The van der Waals surface area contributed by atoms with Crippen LogP contribution in [0.5, 0.6) is 5.75 Å². The van der Waals surface area contributed by atoms with E-state index in [0.717, 1.165) is 35.5 Å². The second kappa shape index (κ2) is 7.32. The van der Waals surface area contributed by atoms with Crippen LogP contribution in [-0.4, -0.2) is 22.2 Å². The van der Waals surface area contributed by atoms with Gasteiger partial charge in [-0.1, -0.05) is 54.3 Å². The summed E-state index contributed by atoms with van der Waals surface area (Å²) in [6, 6.07) is 7.73. The van der Waals surface area contributed by atoms with Gasteiger partial charge in [0.15, 0.2) is 0 Å². The zero-order valence-electron chi connectivity index (χ0n) is 13.0. The molecule has 3 nitrogen and oxygen atoms in total. The number of thioether (sulfide) groups is 1. The van der Waals surface area contributed by atoms with Crippen molar-refractivity contribution >= 4 is 34.2 Å². The van der Waals surface area contributed by atoms with Crippen LogP contribution < -0.4 is 4.74 Å². The minimum Gasteiger partial charge on any atom is -0.497 e. The normalized spacial score (nSPS) is 22.9. The number of allylic oxidation sites excluding steroid dienone is 3. The molecule has 1 aliphatic heterocycles. The second-order valence-corrected chi connectivity index (χ2v) is 7.36. The molecule has 0 saturated carbocycles. The number of rotatable bonds is 4. The number of benzene rings is 1. The number of hydrogen-bond donors (Lipinski definition) is 0. The highest BCUT2D eigenvalue weighted by molar-refractivity contribution is 8.26. The van der Waals surface area contributed by atoms with Gasteiger partial charge in [0, 0.05) is 0 Å². The topological polar surface area (TPSA) is 29.5 Å². The van der Waals surface area contributed by atoms with Crippen molar-refractivity contribution in [2.24, 2.45) is 5.92 Å². The molecule has 2 aliphatic rings. The van der Waals surface area contributed by atoms with Crippen molar-refractivity contribution < 1.29 is 9.53 Å². The Labute approximate surface area is 146 Å². The molecule has 0 radical (unpaired) electrons. The molecule has 0 spiro atoms. The number of hydrogen-bond acceptors (Lipinski definition) is 4. The molecule has 1 aliphatic carbocycles. The molecule has 0 N–H and O–H groups in total. The fourth-order valence-corrected chi connectivity index (χ4v) is 4.07. The molecule has 1 saturated heterocycles. The molecular weight excluding hydrogens is 326 g/mol. The van der Waals surface area contributed by atoms with Crippen LogP contribution >= 0.6 is 24.0 Å². The smallest absolute Gasteiger partial charge is 0.266 e. The van der Waals surface area contributed by atoms with Gasteiger partial charge in [-0.05, 0) is 42.9 Å². The van der Waals surface area contributed by atoms with Gasteiger partial charge < -0.3 is 4.74 Å². The van der Waals surface area contributed by atoms with Crippen molar-refractivity contribution in [3.8, 4) is 5.75 Å². The van der Waals surface area contributed by atoms with Gasteiger partial charge in [0.2, 0.25) is 0 Å². The second-order valence-electron chi connectivity index (χ2n) is 5.68. The minimum atomic E-state index is 0.0328. The number of nitrogens with zero attached hydrogens (tertiary/aromatic N) is 1. The van der Waals surface area contributed by atoms with Gasteiger partial charge >= 0.3 is 0 Å². The van der Waals surface area contributed by atoms with Gasteiger partial charge in [-0.2, -0.15) is 0 Å². The summed E-state index contributed by atoms with van der Waals surface area (Å²) in [7, 11) is 1.64. The van der Waals surface area contributed by atoms with Crippen molar-refractivity contribution in [3.05, 3.63) is 53.0 Å². The molecule has 1 aromatic carbocycles. The molecule has 1 aromatic rings. The van der Waals surface area contributed by atoms with E-state index in [1.807, 2.05) is 24.3 Å². The number of thiocarbonyl (C=S) groups is 1. The highest BCUT2D eigenvalue weighted by Gasteiger charge is 2.32. The van der Waals surface area contributed by atoms with Crippen molar-refractivity contribution in [1.29, 1.82) is 0 Å². The molecule has 3 rings (SSSR count). The molecule has 1 atom stereocenters. The minimum absolute atomic E-state index is 0.0328. The van der Waals surface area contributed by atoms with Crippen LogP contribution in [0.1, 0.15) is 24.8 Å². The number of carbonyl (C=O) groups excluding carboxylic acids is 1. The Kier molecular flexibility index (Phi) is 5.18. The fraction of sp³-hybridized carbons (Fsp3) is 0.333. The lowest BCUT2D eigenvalue weighted by Gasteiger charge is -2.15. The Morgan fingerprint density at radius 1 is 1.35 bits per heavy atom. The summed E-state index contributed by atoms with van der Waals surface area (Å²) >= 11 is 6.82. The molecule has 120 valence electrons. The SMILES string of the molecule is COc1ccc(CN2C(=O)/C(=C/C3CC=CCC3)SC2=S)cc1. The largest absolute Gasteiger partial charge is 0.497 e. The van der Waals surface area contributed by atoms with Crippen LogP contribution in [-0.2, 0) is 11.3 Å². The standard InChI is InChI=1S/C18H19NO2S2/c1-21-15-9-7-14(8-10-15)12-19-17(20)16(23-18(19)22)11-13-5-3-2-4-6-13/h2-3,7-11,13H,4-6,12H2,1H3/b16-11-. The number of carbonyl (C=O) groups is 1. The maximum atomic E-state index is 12.6. The van der Waals surface area contributed by atoms with E-state index < -0.39 is 0 Å². The van der Waals surface area contributed by atoms with Gasteiger partial charge in [-0.15, -0.1) is 0 Å². The van der Waals surface area contributed by atoms with Crippen LogP contribution in [0.25, 0.3) is 0 Å². The third kappa shape index (κ3) is 3.85. The number of methoxy groups -OCH3 is 1. The van der Waals surface area contributed by atoms with Crippen molar-refractivity contribution in [1.82, 2.24) is 4.90 Å². The van der Waals surface area contributed by atoms with Gasteiger partial charge in [-0.3, -0.25) is 9.69 Å². The molecular formula is C18H19NO2S2. The van der Waals surface area contributed by atoms with Gasteiger partial charge in [-0.25, -0.2) is 0 Å². The summed E-state index contributed by atoms with van der Waals surface area (Å²) in [6.45, 7) is 0.510. The lowest BCUT2D eigenvalue weighted by molar-refractivity contribution is -0.122. The van der Waals surface area contributed by atoms with Crippen molar-refractivity contribution in [3.63, 3.8) is 0 Å². The van der Waals surface area contributed by atoms with E-state index >= 15 is 0 Å². The molecule has 5 heteroatoms. The Hall–Kier alpha value is -1.59. The van der Waals surface area contributed by atoms with Gasteiger partial charge in [0.1, 0.15) is 10.1 Å². The summed E-state index contributed by atoms with van der Waals surface area (Å²) in [6.07, 6.45) is 9.73. The third-order valence-electron chi connectivity index (χ3n) is 4.07. The first-order chi connectivity index (χ1) is 11.2. The number of amides is 1. The van der Waals surface area contributed by atoms with E-state index in [1.54, 1.807) is 12.0 Å². The summed E-state index contributed by atoms with van der Waals surface area (Å²) in [5, 5.41) is 0.